The maximum absolute atomic E-state index is 15.2. The zero-order chi connectivity index (χ0) is 39.9. The molecule has 0 spiro atoms. The van der Waals surface area contributed by atoms with Crippen molar-refractivity contribution in [1.82, 2.24) is 0 Å². The minimum Gasteiger partial charge on any atom is -0.455 e. The molecule has 2 unspecified atom stereocenters. The number of esters is 2. The van der Waals surface area contributed by atoms with Crippen molar-refractivity contribution in [3.63, 3.8) is 0 Å². The SMILES string of the molecule is C=CC(=O)OC(CCCCC)Oc1ccc(C(F)(F)Oc2ccc(OC(F)(F)c3ccc(OC(CCCCC)OC(=O)C=C)cc3)c(C(F)(F)F)c2)cc1. The Morgan fingerprint density at radius 1 is 0.611 bits per heavy atom. The van der Waals surface area contributed by atoms with E-state index in [9.17, 15) is 22.8 Å². The van der Waals surface area contributed by atoms with Crippen molar-refractivity contribution in [2.45, 2.75) is 96.2 Å². The van der Waals surface area contributed by atoms with Crippen LogP contribution in [0.3, 0.4) is 0 Å². The first-order chi connectivity index (χ1) is 25.5. The first-order valence-corrected chi connectivity index (χ1v) is 17.1. The van der Waals surface area contributed by atoms with Crippen LogP contribution in [0, 0.1) is 0 Å². The Labute approximate surface area is 308 Å². The van der Waals surface area contributed by atoms with Crippen LogP contribution >= 0.6 is 0 Å². The number of alkyl halides is 7. The molecule has 0 radical (unpaired) electrons. The highest BCUT2D eigenvalue weighted by Gasteiger charge is 2.42. The molecule has 0 heterocycles. The molecule has 2 atom stereocenters. The molecule has 8 nitrogen and oxygen atoms in total. The van der Waals surface area contributed by atoms with Crippen LogP contribution in [0.2, 0.25) is 0 Å². The predicted molar refractivity (Wildman–Crippen MR) is 183 cm³/mol. The van der Waals surface area contributed by atoms with Crippen molar-refractivity contribution >= 4 is 11.9 Å². The Morgan fingerprint density at radius 3 is 1.41 bits per heavy atom. The summed E-state index contributed by atoms with van der Waals surface area (Å²) in [5.41, 5.74) is -3.44. The lowest BCUT2D eigenvalue weighted by molar-refractivity contribution is -0.193. The molecule has 0 aliphatic carbocycles. The van der Waals surface area contributed by atoms with Crippen molar-refractivity contribution < 1.29 is 68.7 Å². The van der Waals surface area contributed by atoms with Gasteiger partial charge in [0.2, 0.25) is 12.6 Å². The maximum Gasteiger partial charge on any atom is 0.426 e. The van der Waals surface area contributed by atoms with Gasteiger partial charge in [-0.25, -0.2) is 9.59 Å². The molecular weight excluding hydrogens is 729 g/mol. The average molecular weight is 771 g/mol. The minimum absolute atomic E-state index is 0.0223. The largest absolute Gasteiger partial charge is 0.455 e. The molecule has 0 N–H and O–H groups in total. The van der Waals surface area contributed by atoms with Crippen molar-refractivity contribution in [3.05, 3.63) is 109 Å². The average Bonchev–Trinajstić information content (AvgIpc) is 3.12. The smallest absolute Gasteiger partial charge is 0.426 e. The molecule has 15 heteroatoms. The number of carbonyl (C=O) groups excluding carboxylic acids is 2. The van der Waals surface area contributed by atoms with Crippen LogP contribution in [0.25, 0.3) is 0 Å². The van der Waals surface area contributed by atoms with Crippen molar-refractivity contribution in [2.24, 2.45) is 0 Å². The van der Waals surface area contributed by atoms with Gasteiger partial charge >= 0.3 is 30.3 Å². The van der Waals surface area contributed by atoms with Gasteiger partial charge in [0.05, 0.1) is 11.1 Å². The van der Waals surface area contributed by atoms with Crippen molar-refractivity contribution in [1.29, 1.82) is 0 Å². The van der Waals surface area contributed by atoms with E-state index in [1.54, 1.807) is 0 Å². The summed E-state index contributed by atoms with van der Waals surface area (Å²) in [6, 6.07) is 9.10. The monoisotopic (exact) mass is 770 g/mol. The second-order valence-electron chi connectivity index (χ2n) is 11.8. The van der Waals surface area contributed by atoms with E-state index in [4.69, 9.17) is 18.9 Å². The van der Waals surface area contributed by atoms with E-state index in [1.807, 2.05) is 13.8 Å². The van der Waals surface area contributed by atoms with Crippen LogP contribution in [0.1, 0.15) is 81.9 Å². The number of halogens is 7. The Morgan fingerprint density at radius 2 is 1.02 bits per heavy atom. The molecule has 0 bridgehead atoms. The molecule has 3 aromatic carbocycles. The Bertz CT molecular complexity index is 1680. The van der Waals surface area contributed by atoms with Gasteiger partial charge in [-0.05, 0) is 79.6 Å². The quantitative estimate of drug-likeness (QED) is 0.0328. The summed E-state index contributed by atoms with van der Waals surface area (Å²) in [6.07, 6.45) is -8.75. The zero-order valence-corrected chi connectivity index (χ0v) is 29.6. The summed E-state index contributed by atoms with van der Waals surface area (Å²) >= 11 is 0. The van der Waals surface area contributed by atoms with Crippen LogP contribution in [-0.2, 0) is 37.5 Å². The predicted octanol–water partition coefficient (Wildman–Crippen LogP) is 11.0. The molecule has 3 aromatic rings. The fourth-order valence-corrected chi connectivity index (χ4v) is 4.81. The molecule has 0 amide bonds. The van der Waals surface area contributed by atoms with Crippen LogP contribution in [-0.4, -0.2) is 24.5 Å². The molecule has 0 aliphatic rings. The molecule has 54 heavy (non-hydrogen) atoms. The summed E-state index contributed by atoms with van der Waals surface area (Å²) in [5.74, 6) is -3.79. The number of hydrogen-bond donors (Lipinski definition) is 0. The second-order valence-corrected chi connectivity index (χ2v) is 11.8. The van der Waals surface area contributed by atoms with Gasteiger partial charge in [-0.1, -0.05) is 52.7 Å². The van der Waals surface area contributed by atoms with Gasteiger partial charge in [0.25, 0.3) is 0 Å². The van der Waals surface area contributed by atoms with Gasteiger partial charge in [0, 0.05) is 25.0 Å². The summed E-state index contributed by atoms with van der Waals surface area (Å²) in [5, 5.41) is 0. The minimum atomic E-state index is -5.32. The van der Waals surface area contributed by atoms with Crippen LogP contribution in [0.5, 0.6) is 23.0 Å². The lowest BCUT2D eigenvalue weighted by atomic mass is 10.1. The standard InChI is InChI=1S/C39H41F7O8/c1-5-9-11-13-35(51-33(47)7-3)49-28-19-15-26(16-20-28)38(43,44)53-30-23-24-32(31(25-30)37(40,41)42)54-39(45,46)27-17-21-29(22-18-27)50-36(14-12-10-6-2)52-34(48)8-4/h7-8,15-25,35-36H,3-6,9-14H2,1-2H3. The van der Waals surface area contributed by atoms with Crippen molar-refractivity contribution in [3.8, 4) is 23.0 Å². The molecule has 0 fully saturated rings. The van der Waals surface area contributed by atoms with Crippen LogP contribution in [0.4, 0.5) is 30.7 Å². The number of hydrogen-bond acceptors (Lipinski definition) is 8. The van der Waals surface area contributed by atoms with E-state index < -0.39 is 71.1 Å². The number of unbranched alkanes of at least 4 members (excludes halogenated alkanes) is 4. The van der Waals surface area contributed by atoms with E-state index in [0.717, 1.165) is 86.4 Å². The first kappa shape index (κ1) is 43.2. The molecule has 294 valence electrons. The summed E-state index contributed by atoms with van der Waals surface area (Å²) in [6.45, 7) is 10.6. The van der Waals surface area contributed by atoms with E-state index in [2.05, 4.69) is 22.6 Å². The molecule has 0 saturated heterocycles. The third-order valence-electron chi connectivity index (χ3n) is 7.57. The number of rotatable bonds is 22. The van der Waals surface area contributed by atoms with Crippen molar-refractivity contribution in [2.75, 3.05) is 0 Å². The topological polar surface area (TPSA) is 89.5 Å². The van der Waals surface area contributed by atoms with Gasteiger partial charge in [-0.2, -0.15) is 30.7 Å². The van der Waals surface area contributed by atoms with Gasteiger partial charge in [0.1, 0.15) is 28.6 Å². The van der Waals surface area contributed by atoms with E-state index in [1.165, 1.54) is 0 Å². The lowest BCUT2D eigenvalue weighted by Gasteiger charge is -2.23. The van der Waals surface area contributed by atoms with E-state index in [-0.39, 0.29) is 17.6 Å². The fourth-order valence-electron chi connectivity index (χ4n) is 4.81. The Kier molecular flexibility index (Phi) is 15.8. The summed E-state index contributed by atoms with van der Waals surface area (Å²) in [4.78, 5) is 23.4. The normalized spacial score (nSPS) is 12.9. The number of ether oxygens (including phenoxy) is 6. The molecule has 0 aromatic heterocycles. The highest BCUT2D eigenvalue weighted by Crippen LogP contribution is 2.44. The number of benzene rings is 3. The van der Waals surface area contributed by atoms with Gasteiger partial charge < -0.3 is 28.4 Å². The molecule has 3 rings (SSSR count). The van der Waals surface area contributed by atoms with Gasteiger partial charge in [0.15, 0.2) is 0 Å². The number of carbonyl (C=O) groups is 2. The second kappa shape index (κ2) is 19.7. The van der Waals surface area contributed by atoms with E-state index in [0.29, 0.717) is 37.8 Å². The highest BCUT2D eigenvalue weighted by molar-refractivity contribution is 5.81. The third kappa shape index (κ3) is 13.3. The third-order valence-corrected chi connectivity index (χ3v) is 7.57. The molecular formula is C39H41F7O8. The highest BCUT2D eigenvalue weighted by atomic mass is 19.4. The summed E-state index contributed by atoms with van der Waals surface area (Å²) < 4.78 is 133. The van der Waals surface area contributed by atoms with E-state index >= 15 is 17.6 Å². The fraction of sp³-hybridized carbons (Fsp3) is 0.385. The maximum atomic E-state index is 15.2. The molecule has 0 aliphatic heterocycles. The molecule has 0 saturated carbocycles. The van der Waals surface area contributed by atoms with Crippen LogP contribution < -0.4 is 18.9 Å². The zero-order valence-electron chi connectivity index (χ0n) is 29.6. The lowest BCUT2D eigenvalue weighted by Crippen LogP contribution is -2.25. The summed E-state index contributed by atoms with van der Waals surface area (Å²) in [7, 11) is 0. The van der Waals surface area contributed by atoms with Crippen LogP contribution in [0.15, 0.2) is 92.0 Å². The Hall–Kier alpha value is -5.21. The van der Waals surface area contributed by atoms with Gasteiger partial charge in [-0.15, -0.1) is 0 Å². The van der Waals surface area contributed by atoms with Gasteiger partial charge in [-0.3, -0.25) is 0 Å². The first-order valence-electron chi connectivity index (χ1n) is 17.1. The Balaban J connectivity index is 1.76.